The number of para-hydroxylation sites is 1. The number of hydrogen-bond acceptors (Lipinski definition) is 3. The first kappa shape index (κ1) is 12.3. The van der Waals surface area contributed by atoms with Crippen LogP contribution in [0.2, 0.25) is 0 Å². The second-order valence-electron chi connectivity index (χ2n) is 3.06. The first-order chi connectivity index (χ1) is 7.03. The third kappa shape index (κ3) is 4.51. The van der Waals surface area contributed by atoms with Gasteiger partial charge in [0.1, 0.15) is 0 Å². The summed E-state index contributed by atoms with van der Waals surface area (Å²) in [6, 6.07) is 8.48. The van der Waals surface area contributed by atoms with E-state index in [0.29, 0.717) is 5.69 Å². The van der Waals surface area contributed by atoms with Crippen LogP contribution < -0.4 is 4.72 Å². The summed E-state index contributed by atoms with van der Waals surface area (Å²) in [6.45, 7) is 0. The predicted molar refractivity (Wildman–Crippen MR) is 60.6 cm³/mol. The average Bonchev–Trinajstić information content (AvgIpc) is 2.17. The van der Waals surface area contributed by atoms with E-state index in [2.05, 4.69) is 4.72 Å². The zero-order chi connectivity index (χ0) is 11.3. The third-order valence-corrected chi connectivity index (χ3v) is 3.36. The number of aliphatic hydroxyl groups is 1. The Morgan fingerprint density at radius 1 is 1.33 bits per heavy atom. The van der Waals surface area contributed by atoms with Crippen molar-refractivity contribution < 1.29 is 13.5 Å². The van der Waals surface area contributed by atoms with Crippen molar-refractivity contribution in [1.82, 2.24) is 0 Å². The number of nitrogens with one attached hydrogen (secondary N) is 1. The van der Waals surface area contributed by atoms with Gasteiger partial charge < -0.3 is 5.11 Å². The quantitative estimate of drug-likeness (QED) is 0.766. The van der Waals surface area contributed by atoms with Crippen LogP contribution in [0.3, 0.4) is 0 Å². The highest BCUT2D eigenvalue weighted by atomic mass is 35.5. The molecule has 0 unspecified atom stereocenters. The van der Waals surface area contributed by atoms with Gasteiger partial charge in [-0.3, -0.25) is 4.72 Å². The number of anilines is 1. The van der Waals surface area contributed by atoms with Gasteiger partial charge in [0, 0.05) is 11.6 Å². The Morgan fingerprint density at radius 2 is 1.93 bits per heavy atom. The SMILES string of the molecule is O=S(=O)(C[C@@H](O)CCl)Nc1ccccc1. The van der Waals surface area contributed by atoms with Gasteiger partial charge in [0.05, 0.1) is 11.9 Å². The first-order valence-corrected chi connectivity index (χ1v) is 6.52. The molecule has 1 aromatic rings. The van der Waals surface area contributed by atoms with Crippen LogP contribution in [0.25, 0.3) is 0 Å². The molecule has 0 radical (unpaired) electrons. The zero-order valence-corrected chi connectivity index (χ0v) is 9.50. The van der Waals surface area contributed by atoms with Crippen LogP contribution in [-0.4, -0.2) is 31.3 Å². The molecule has 0 aliphatic carbocycles. The van der Waals surface area contributed by atoms with Gasteiger partial charge >= 0.3 is 0 Å². The van der Waals surface area contributed by atoms with E-state index < -0.39 is 21.9 Å². The number of hydrogen-bond donors (Lipinski definition) is 2. The van der Waals surface area contributed by atoms with Crippen molar-refractivity contribution in [2.75, 3.05) is 16.4 Å². The van der Waals surface area contributed by atoms with Gasteiger partial charge in [-0.15, -0.1) is 11.6 Å². The zero-order valence-electron chi connectivity index (χ0n) is 7.93. The summed E-state index contributed by atoms with van der Waals surface area (Å²) in [7, 11) is -3.53. The van der Waals surface area contributed by atoms with Gasteiger partial charge in [0.15, 0.2) is 0 Å². The number of rotatable bonds is 5. The molecule has 0 fully saturated rings. The second-order valence-corrected chi connectivity index (χ2v) is 5.13. The third-order valence-electron chi connectivity index (χ3n) is 1.64. The lowest BCUT2D eigenvalue weighted by molar-refractivity contribution is 0.221. The minimum atomic E-state index is -3.53. The monoisotopic (exact) mass is 249 g/mol. The molecule has 0 spiro atoms. The molecule has 0 amide bonds. The number of halogens is 1. The molecule has 1 rings (SSSR count). The van der Waals surface area contributed by atoms with Crippen LogP contribution in [0.15, 0.2) is 30.3 Å². The maximum absolute atomic E-state index is 11.4. The van der Waals surface area contributed by atoms with Gasteiger partial charge in [0.2, 0.25) is 10.0 Å². The van der Waals surface area contributed by atoms with Gasteiger partial charge in [-0.25, -0.2) is 8.42 Å². The van der Waals surface area contributed by atoms with Crippen LogP contribution in [0.4, 0.5) is 5.69 Å². The van der Waals surface area contributed by atoms with Crippen molar-refractivity contribution in [3.8, 4) is 0 Å². The molecule has 0 aromatic heterocycles. The molecule has 1 atom stereocenters. The van der Waals surface area contributed by atoms with Crippen molar-refractivity contribution in [3.05, 3.63) is 30.3 Å². The number of sulfonamides is 1. The molecule has 0 saturated heterocycles. The van der Waals surface area contributed by atoms with E-state index in [1.807, 2.05) is 0 Å². The Kier molecular flexibility index (Phi) is 4.38. The molecule has 2 N–H and O–H groups in total. The van der Waals surface area contributed by atoms with E-state index in [-0.39, 0.29) is 5.88 Å². The Hall–Kier alpha value is -0.780. The Balaban J connectivity index is 2.65. The average molecular weight is 250 g/mol. The summed E-state index contributed by atoms with van der Waals surface area (Å²) in [6.07, 6.45) is -1.05. The fourth-order valence-electron chi connectivity index (χ4n) is 1.03. The second kappa shape index (κ2) is 5.34. The minimum Gasteiger partial charge on any atom is -0.391 e. The number of alkyl halides is 1. The predicted octanol–water partition coefficient (Wildman–Crippen LogP) is 1.03. The highest BCUT2D eigenvalue weighted by Gasteiger charge is 2.15. The Bertz CT molecular complexity index is 393. The van der Waals surface area contributed by atoms with Crippen LogP contribution in [0.1, 0.15) is 0 Å². The number of aliphatic hydroxyl groups excluding tert-OH is 1. The summed E-state index contributed by atoms with van der Waals surface area (Å²) in [5, 5.41) is 9.12. The van der Waals surface area contributed by atoms with E-state index in [9.17, 15) is 8.42 Å². The highest BCUT2D eigenvalue weighted by molar-refractivity contribution is 7.92. The Morgan fingerprint density at radius 3 is 2.47 bits per heavy atom. The van der Waals surface area contributed by atoms with E-state index in [4.69, 9.17) is 16.7 Å². The minimum absolute atomic E-state index is 0.101. The summed E-state index contributed by atoms with van der Waals surface area (Å²) in [4.78, 5) is 0. The lowest BCUT2D eigenvalue weighted by Gasteiger charge is -2.10. The van der Waals surface area contributed by atoms with Crippen molar-refractivity contribution >= 4 is 27.3 Å². The van der Waals surface area contributed by atoms with Gasteiger partial charge in [0.25, 0.3) is 0 Å². The summed E-state index contributed by atoms with van der Waals surface area (Å²) < 4.78 is 25.2. The normalized spacial score (nSPS) is 13.5. The standard InChI is InChI=1S/C9H12ClNO3S/c10-6-9(12)7-15(13,14)11-8-4-2-1-3-5-8/h1-5,9,11-12H,6-7H2/t9-/m0/s1. The largest absolute Gasteiger partial charge is 0.391 e. The summed E-state index contributed by atoms with van der Waals surface area (Å²) in [5.74, 6) is -0.499. The van der Waals surface area contributed by atoms with E-state index in [1.165, 1.54) is 0 Å². The molecule has 0 heterocycles. The molecule has 0 aliphatic rings. The fourth-order valence-corrected chi connectivity index (χ4v) is 2.47. The molecular formula is C9H12ClNO3S. The van der Waals surface area contributed by atoms with Gasteiger partial charge in [-0.05, 0) is 12.1 Å². The maximum Gasteiger partial charge on any atom is 0.235 e. The molecule has 0 bridgehead atoms. The molecule has 84 valence electrons. The van der Waals surface area contributed by atoms with Crippen LogP contribution in [0.5, 0.6) is 0 Å². The summed E-state index contributed by atoms with van der Waals surface area (Å²) in [5.41, 5.74) is 0.472. The van der Waals surface area contributed by atoms with Gasteiger partial charge in [-0.2, -0.15) is 0 Å². The van der Waals surface area contributed by atoms with Crippen LogP contribution in [0, 0.1) is 0 Å². The van der Waals surface area contributed by atoms with Crippen LogP contribution in [-0.2, 0) is 10.0 Å². The first-order valence-electron chi connectivity index (χ1n) is 4.33. The van der Waals surface area contributed by atoms with Crippen LogP contribution >= 0.6 is 11.6 Å². The Labute approximate surface area is 93.9 Å². The smallest absolute Gasteiger partial charge is 0.235 e. The molecule has 0 saturated carbocycles. The van der Waals surface area contributed by atoms with E-state index in [1.54, 1.807) is 30.3 Å². The number of benzene rings is 1. The molecule has 6 heteroatoms. The molecule has 15 heavy (non-hydrogen) atoms. The molecule has 4 nitrogen and oxygen atoms in total. The molecular weight excluding hydrogens is 238 g/mol. The van der Waals surface area contributed by atoms with Crippen molar-refractivity contribution in [2.45, 2.75) is 6.10 Å². The fraction of sp³-hybridized carbons (Fsp3) is 0.333. The maximum atomic E-state index is 11.4. The van der Waals surface area contributed by atoms with E-state index in [0.717, 1.165) is 0 Å². The highest BCUT2D eigenvalue weighted by Crippen LogP contribution is 2.08. The van der Waals surface area contributed by atoms with E-state index >= 15 is 0 Å². The lowest BCUT2D eigenvalue weighted by atomic mass is 10.3. The lowest BCUT2D eigenvalue weighted by Crippen LogP contribution is -2.27. The van der Waals surface area contributed by atoms with Crippen molar-refractivity contribution in [2.24, 2.45) is 0 Å². The summed E-state index contributed by atoms with van der Waals surface area (Å²) >= 11 is 5.32. The van der Waals surface area contributed by atoms with Crippen molar-refractivity contribution in [3.63, 3.8) is 0 Å². The van der Waals surface area contributed by atoms with Gasteiger partial charge in [-0.1, -0.05) is 18.2 Å². The topological polar surface area (TPSA) is 66.4 Å². The van der Waals surface area contributed by atoms with Crippen molar-refractivity contribution in [1.29, 1.82) is 0 Å². The molecule has 1 aromatic carbocycles. The molecule has 0 aliphatic heterocycles.